The molecule has 0 heterocycles. The van der Waals surface area contributed by atoms with Crippen molar-refractivity contribution < 1.29 is 27.4 Å². The first-order valence-corrected chi connectivity index (χ1v) is 5.56. The van der Waals surface area contributed by atoms with Gasteiger partial charge in [-0.25, -0.2) is 4.79 Å². The lowest BCUT2D eigenvalue weighted by Crippen LogP contribution is -2.51. The summed E-state index contributed by atoms with van der Waals surface area (Å²) in [6, 6.07) is 6.58. The van der Waals surface area contributed by atoms with Gasteiger partial charge in [0.15, 0.2) is 0 Å². The van der Waals surface area contributed by atoms with Crippen LogP contribution in [0.3, 0.4) is 0 Å². The van der Waals surface area contributed by atoms with Gasteiger partial charge in [0, 0.05) is 12.7 Å². The van der Waals surface area contributed by atoms with E-state index in [1.165, 1.54) is 30.4 Å². The van der Waals surface area contributed by atoms with E-state index < -0.39 is 17.7 Å². The second-order valence-corrected chi connectivity index (χ2v) is 3.72. The van der Waals surface area contributed by atoms with Crippen molar-refractivity contribution in [2.45, 2.75) is 11.8 Å². The molecule has 3 nitrogen and oxygen atoms in total. The fourth-order valence-electron chi connectivity index (χ4n) is 1.63. The summed E-state index contributed by atoms with van der Waals surface area (Å²) >= 11 is 0. The molecule has 1 aromatic carbocycles. The molecule has 0 amide bonds. The molecule has 0 aromatic heterocycles. The highest BCUT2D eigenvalue weighted by Crippen LogP contribution is 2.42. The van der Waals surface area contributed by atoms with Crippen LogP contribution < -0.4 is 0 Å². The summed E-state index contributed by atoms with van der Waals surface area (Å²) in [7, 11) is 0.805. The molecule has 1 atom stereocenters. The van der Waals surface area contributed by atoms with Crippen molar-refractivity contribution >= 4 is 5.97 Å². The molecule has 6 heteroatoms. The third-order valence-corrected chi connectivity index (χ3v) is 2.56. The Kier molecular flexibility index (Phi) is 5.10. The lowest BCUT2D eigenvalue weighted by atomic mass is 9.93. The predicted octanol–water partition coefficient (Wildman–Crippen LogP) is 3.33. The fraction of sp³-hybridized carbons (Fsp3) is 0.214. The molecule has 0 bridgehead atoms. The summed E-state index contributed by atoms with van der Waals surface area (Å²) in [5, 5.41) is 0. The quantitative estimate of drug-likeness (QED) is 0.473. The minimum atomic E-state index is -4.97. The van der Waals surface area contributed by atoms with Gasteiger partial charge in [-0.15, -0.1) is 0 Å². The number of methoxy groups -OCH3 is 1. The number of ether oxygens (including phenoxy) is 2. The number of halogens is 3. The third-order valence-electron chi connectivity index (χ3n) is 2.56. The molecule has 0 aliphatic heterocycles. The summed E-state index contributed by atoms with van der Waals surface area (Å²) in [6.45, 7) is 3.32. The molecule has 1 aromatic rings. The van der Waals surface area contributed by atoms with Crippen molar-refractivity contribution in [1.29, 1.82) is 0 Å². The van der Waals surface area contributed by atoms with Gasteiger partial charge in [0.1, 0.15) is 0 Å². The summed E-state index contributed by atoms with van der Waals surface area (Å²) in [6.07, 6.45) is -1.70. The molecule has 108 valence electrons. The molecule has 0 aliphatic rings. The largest absolute Gasteiger partial charge is 0.432 e. The summed E-state index contributed by atoms with van der Waals surface area (Å²) < 4.78 is 49.1. The van der Waals surface area contributed by atoms with Gasteiger partial charge in [-0.2, -0.15) is 13.2 Å². The summed E-state index contributed by atoms with van der Waals surface area (Å²) in [4.78, 5) is 11.9. The Bertz CT molecular complexity index is 494. The van der Waals surface area contributed by atoms with Crippen LogP contribution >= 0.6 is 0 Å². The lowest BCUT2D eigenvalue weighted by Gasteiger charge is -2.31. The van der Waals surface area contributed by atoms with Crippen molar-refractivity contribution in [3.63, 3.8) is 0 Å². The Morgan fingerprint density at radius 2 is 1.85 bits per heavy atom. The van der Waals surface area contributed by atoms with Gasteiger partial charge in [-0.3, -0.25) is 0 Å². The Morgan fingerprint density at radius 3 is 2.30 bits per heavy atom. The Hall–Kier alpha value is -2.08. The zero-order valence-electron chi connectivity index (χ0n) is 10.7. The highest BCUT2D eigenvalue weighted by molar-refractivity contribution is 5.83. The first-order valence-electron chi connectivity index (χ1n) is 5.56. The number of rotatable bonds is 5. The average molecular weight is 286 g/mol. The van der Waals surface area contributed by atoms with Gasteiger partial charge >= 0.3 is 12.1 Å². The number of allylic oxidation sites excluding steroid dienone is 2. The first kappa shape index (κ1) is 16.0. The van der Waals surface area contributed by atoms with Gasteiger partial charge in [0.2, 0.25) is 0 Å². The standard InChI is InChI=1S/C14H13F3O3/c1-3-4-10-20-12(18)13(19-2,14(15,16)17)11-8-6-5-7-9-11/h3-10H,1H2,2H3/b10-4+. The zero-order valence-corrected chi connectivity index (χ0v) is 10.7. The Labute approximate surface area is 114 Å². The van der Waals surface area contributed by atoms with Crippen LogP contribution in [-0.2, 0) is 19.9 Å². The van der Waals surface area contributed by atoms with Crippen LogP contribution in [0.1, 0.15) is 5.56 Å². The molecule has 0 radical (unpaired) electrons. The van der Waals surface area contributed by atoms with Crippen molar-refractivity contribution in [2.24, 2.45) is 0 Å². The van der Waals surface area contributed by atoms with Crippen LogP contribution in [0, 0.1) is 0 Å². The Morgan fingerprint density at radius 1 is 1.25 bits per heavy atom. The van der Waals surface area contributed by atoms with Crippen LogP contribution in [0.4, 0.5) is 13.2 Å². The highest BCUT2D eigenvalue weighted by atomic mass is 19.4. The van der Waals surface area contributed by atoms with Crippen LogP contribution in [0.15, 0.2) is 55.3 Å². The molecule has 0 fully saturated rings. The molecular weight excluding hydrogens is 273 g/mol. The number of carbonyl (C=O) groups excluding carboxylic acids is 1. The minimum absolute atomic E-state index is 0.355. The highest BCUT2D eigenvalue weighted by Gasteiger charge is 2.64. The van der Waals surface area contributed by atoms with Gasteiger partial charge in [-0.1, -0.05) is 43.0 Å². The van der Waals surface area contributed by atoms with Crippen LogP contribution in [0.5, 0.6) is 0 Å². The first-order chi connectivity index (χ1) is 9.40. The maximum Gasteiger partial charge on any atom is 0.432 e. The van der Waals surface area contributed by atoms with Gasteiger partial charge in [0.05, 0.1) is 6.26 Å². The van der Waals surface area contributed by atoms with E-state index in [9.17, 15) is 18.0 Å². The van der Waals surface area contributed by atoms with E-state index in [0.29, 0.717) is 0 Å². The third kappa shape index (κ3) is 2.91. The molecule has 0 spiro atoms. The number of hydrogen-bond donors (Lipinski definition) is 0. The van der Waals surface area contributed by atoms with Gasteiger partial charge in [-0.05, 0) is 6.08 Å². The molecule has 1 unspecified atom stereocenters. The van der Waals surface area contributed by atoms with Crippen molar-refractivity contribution in [3.8, 4) is 0 Å². The van der Waals surface area contributed by atoms with Gasteiger partial charge in [0.25, 0.3) is 5.60 Å². The topological polar surface area (TPSA) is 35.5 Å². The molecule has 20 heavy (non-hydrogen) atoms. The molecular formula is C14H13F3O3. The zero-order chi connectivity index (χ0) is 15.2. The van der Waals surface area contributed by atoms with Crippen LogP contribution in [0.2, 0.25) is 0 Å². The SMILES string of the molecule is C=C/C=C/OC(=O)C(OC)(c1ccccc1)C(F)(F)F. The normalized spacial score (nSPS) is 14.8. The molecule has 1 rings (SSSR count). The van der Waals surface area contributed by atoms with E-state index in [4.69, 9.17) is 0 Å². The average Bonchev–Trinajstić information content (AvgIpc) is 2.40. The molecule has 0 aliphatic carbocycles. The van der Waals surface area contributed by atoms with E-state index in [1.54, 1.807) is 0 Å². The number of esters is 1. The number of benzene rings is 1. The summed E-state index contributed by atoms with van der Waals surface area (Å²) in [5.41, 5.74) is -3.52. The molecule has 0 saturated carbocycles. The molecule has 0 saturated heterocycles. The second-order valence-electron chi connectivity index (χ2n) is 3.72. The second kappa shape index (κ2) is 6.38. The maximum atomic E-state index is 13.4. The van der Waals surface area contributed by atoms with Crippen molar-refractivity contribution in [3.05, 3.63) is 60.9 Å². The van der Waals surface area contributed by atoms with E-state index in [2.05, 4.69) is 16.1 Å². The van der Waals surface area contributed by atoms with E-state index in [1.807, 2.05) is 0 Å². The van der Waals surface area contributed by atoms with Gasteiger partial charge < -0.3 is 9.47 Å². The van der Waals surface area contributed by atoms with Crippen LogP contribution in [0.25, 0.3) is 0 Å². The smallest absolute Gasteiger partial charge is 0.432 e. The van der Waals surface area contributed by atoms with E-state index in [-0.39, 0.29) is 5.56 Å². The summed E-state index contributed by atoms with van der Waals surface area (Å²) in [5.74, 6) is -1.57. The number of alkyl halides is 3. The number of hydrogen-bond acceptors (Lipinski definition) is 3. The minimum Gasteiger partial charge on any atom is -0.432 e. The maximum absolute atomic E-state index is 13.4. The van der Waals surface area contributed by atoms with E-state index >= 15 is 0 Å². The lowest BCUT2D eigenvalue weighted by molar-refractivity contribution is -0.274. The fourth-order valence-corrected chi connectivity index (χ4v) is 1.63. The van der Waals surface area contributed by atoms with E-state index in [0.717, 1.165) is 25.5 Å². The number of carbonyl (C=O) groups is 1. The Balaban J connectivity index is 3.31. The van der Waals surface area contributed by atoms with Crippen LogP contribution in [-0.4, -0.2) is 19.3 Å². The predicted molar refractivity (Wildman–Crippen MR) is 66.6 cm³/mol. The van der Waals surface area contributed by atoms with Crippen molar-refractivity contribution in [1.82, 2.24) is 0 Å². The molecule has 0 N–H and O–H groups in total. The monoisotopic (exact) mass is 286 g/mol. The van der Waals surface area contributed by atoms with Crippen molar-refractivity contribution in [2.75, 3.05) is 7.11 Å².